The van der Waals surface area contributed by atoms with Crippen LogP contribution < -0.4 is 5.56 Å². The van der Waals surface area contributed by atoms with Crippen LogP contribution in [0, 0.1) is 5.82 Å². The Balaban J connectivity index is 1.97. The minimum absolute atomic E-state index is 0.0584. The molecular formula is C17H14BrFN2OS. The Morgan fingerprint density at radius 2 is 2.04 bits per heavy atom. The fourth-order valence-corrected chi connectivity index (χ4v) is 3.70. The Hall–Kier alpha value is -1.66. The van der Waals surface area contributed by atoms with Crippen LogP contribution in [0.15, 0.2) is 56.9 Å². The van der Waals surface area contributed by atoms with Gasteiger partial charge in [-0.2, -0.15) is 0 Å². The van der Waals surface area contributed by atoms with Gasteiger partial charge in [0.05, 0.1) is 10.9 Å². The highest BCUT2D eigenvalue weighted by atomic mass is 79.9. The highest BCUT2D eigenvalue weighted by Gasteiger charge is 2.11. The SMILES string of the molecule is CCn1c(SCc2ccc(Br)cc2F)nc2ccccc2c1=O. The van der Waals surface area contributed by atoms with E-state index >= 15 is 0 Å². The van der Waals surface area contributed by atoms with E-state index in [9.17, 15) is 9.18 Å². The van der Waals surface area contributed by atoms with Crippen LogP contribution in [-0.4, -0.2) is 9.55 Å². The number of nitrogens with zero attached hydrogens (tertiary/aromatic N) is 2. The fraction of sp³-hybridized carbons (Fsp3) is 0.176. The summed E-state index contributed by atoms with van der Waals surface area (Å²) in [7, 11) is 0. The van der Waals surface area contributed by atoms with Gasteiger partial charge in [0.15, 0.2) is 5.16 Å². The molecule has 0 bridgehead atoms. The van der Waals surface area contributed by atoms with Crippen molar-refractivity contribution < 1.29 is 4.39 Å². The smallest absolute Gasteiger partial charge is 0.262 e. The van der Waals surface area contributed by atoms with Crippen LogP contribution in [0.25, 0.3) is 10.9 Å². The normalized spacial score (nSPS) is 11.1. The average Bonchev–Trinajstić information content (AvgIpc) is 2.54. The van der Waals surface area contributed by atoms with Gasteiger partial charge in [0.25, 0.3) is 5.56 Å². The van der Waals surface area contributed by atoms with Gasteiger partial charge < -0.3 is 0 Å². The molecule has 0 aliphatic heterocycles. The molecule has 0 fully saturated rings. The van der Waals surface area contributed by atoms with Crippen LogP contribution >= 0.6 is 27.7 Å². The Bertz CT molecular complexity index is 926. The molecule has 0 aliphatic carbocycles. The van der Waals surface area contributed by atoms with Crippen molar-refractivity contribution >= 4 is 38.6 Å². The van der Waals surface area contributed by atoms with Gasteiger partial charge in [-0.1, -0.05) is 45.9 Å². The third-order valence-corrected chi connectivity index (χ3v) is 5.03. The first-order valence-electron chi connectivity index (χ1n) is 7.16. The lowest BCUT2D eigenvalue weighted by molar-refractivity contribution is 0.615. The van der Waals surface area contributed by atoms with Gasteiger partial charge >= 0.3 is 0 Å². The largest absolute Gasteiger partial charge is 0.287 e. The first-order chi connectivity index (χ1) is 11.1. The molecule has 0 saturated heterocycles. The van der Waals surface area contributed by atoms with Crippen molar-refractivity contribution in [1.29, 1.82) is 0 Å². The summed E-state index contributed by atoms with van der Waals surface area (Å²) in [5.41, 5.74) is 1.20. The molecule has 118 valence electrons. The molecule has 0 aliphatic rings. The van der Waals surface area contributed by atoms with Crippen LogP contribution in [0.2, 0.25) is 0 Å². The summed E-state index contributed by atoms with van der Waals surface area (Å²) in [6, 6.07) is 12.3. The van der Waals surface area contributed by atoms with Crippen molar-refractivity contribution in [2.24, 2.45) is 0 Å². The summed E-state index contributed by atoms with van der Waals surface area (Å²) in [5.74, 6) is 0.155. The van der Waals surface area contributed by atoms with Crippen molar-refractivity contribution in [1.82, 2.24) is 9.55 Å². The van der Waals surface area contributed by atoms with E-state index in [4.69, 9.17) is 0 Å². The van der Waals surface area contributed by atoms with Crippen molar-refractivity contribution in [2.45, 2.75) is 24.4 Å². The molecule has 0 N–H and O–H groups in total. The van der Waals surface area contributed by atoms with Crippen molar-refractivity contribution in [3.63, 3.8) is 0 Å². The minimum Gasteiger partial charge on any atom is -0.287 e. The van der Waals surface area contributed by atoms with Gasteiger partial charge in [0.1, 0.15) is 5.82 Å². The number of hydrogen-bond acceptors (Lipinski definition) is 3. The Morgan fingerprint density at radius 3 is 2.78 bits per heavy atom. The molecule has 1 heterocycles. The highest BCUT2D eigenvalue weighted by Crippen LogP contribution is 2.25. The number of halogens is 2. The second-order valence-corrected chi connectivity index (χ2v) is 6.84. The predicted molar refractivity (Wildman–Crippen MR) is 95.3 cm³/mol. The maximum atomic E-state index is 13.9. The third-order valence-electron chi connectivity index (χ3n) is 3.51. The number of thioether (sulfide) groups is 1. The summed E-state index contributed by atoms with van der Waals surface area (Å²) in [6.45, 7) is 2.43. The maximum Gasteiger partial charge on any atom is 0.262 e. The zero-order chi connectivity index (χ0) is 16.4. The highest BCUT2D eigenvalue weighted by molar-refractivity contribution is 9.10. The summed E-state index contributed by atoms with van der Waals surface area (Å²) in [4.78, 5) is 17.1. The lowest BCUT2D eigenvalue weighted by Gasteiger charge is -2.11. The van der Waals surface area contributed by atoms with Crippen molar-refractivity contribution in [2.75, 3.05) is 0 Å². The molecule has 23 heavy (non-hydrogen) atoms. The molecule has 6 heteroatoms. The molecule has 1 aromatic heterocycles. The quantitative estimate of drug-likeness (QED) is 0.480. The van der Waals surface area contributed by atoms with Crippen LogP contribution in [0.4, 0.5) is 4.39 Å². The molecule has 3 rings (SSSR count). The molecule has 0 amide bonds. The number of fused-ring (bicyclic) bond motifs is 1. The molecule has 0 unspecified atom stereocenters. The lowest BCUT2D eigenvalue weighted by atomic mass is 10.2. The molecule has 0 atom stereocenters. The van der Waals surface area contributed by atoms with E-state index in [0.29, 0.717) is 38.4 Å². The standard InChI is InChI=1S/C17H14BrFN2OS/c1-2-21-16(22)13-5-3-4-6-15(13)20-17(21)23-10-11-7-8-12(18)9-14(11)19/h3-9H,2,10H2,1H3. The van der Waals surface area contributed by atoms with Gasteiger partial charge in [-0.05, 0) is 36.8 Å². The van der Waals surface area contributed by atoms with E-state index in [0.717, 1.165) is 0 Å². The first kappa shape index (κ1) is 16.2. The van der Waals surface area contributed by atoms with Crippen LogP contribution in [-0.2, 0) is 12.3 Å². The molecule has 2 aromatic carbocycles. The van der Waals surface area contributed by atoms with Gasteiger partial charge in [-0.15, -0.1) is 0 Å². The number of hydrogen-bond donors (Lipinski definition) is 0. The van der Waals surface area contributed by atoms with Crippen LogP contribution in [0.1, 0.15) is 12.5 Å². The number of rotatable bonds is 4. The topological polar surface area (TPSA) is 34.9 Å². The van der Waals surface area contributed by atoms with Crippen molar-refractivity contribution in [3.05, 3.63) is 68.7 Å². The van der Waals surface area contributed by atoms with Crippen molar-refractivity contribution in [3.8, 4) is 0 Å². The first-order valence-corrected chi connectivity index (χ1v) is 8.94. The zero-order valence-electron chi connectivity index (χ0n) is 12.4. The second-order valence-electron chi connectivity index (χ2n) is 4.99. The van der Waals surface area contributed by atoms with E-state index in [1.807, 2.05) is 25.1 Å². The monoisotopic (exact) mass is 392 g/mol. The van der Waals surface area contributed by atoms with Crippen LogP contribution in [0.3, 0.4) is 0 Å². The molecule has 0 saturated carbocycles. The van der Waals surface area contributed by atoms with E-state index in [1.165, 1.54) is 17.8 Å². The van der Waals surface area contributed by atoms with Gasteiger partial charge in [0.2, 0.25) is 0 Å². The summed E-state index contributed by atoms with van der Waals surface area (Å²) >= 11 is 4.62. The Labute approximate surface area is 145 Å². The van der Waals surface area contributed by atoms with E-state index in [-0.39, 0.29) is 11.4 Å². The average molecular weight is 393 g/mol. The van der Waals surface area contributed by atoms with Gasteiger partial charge in [0, 0.05) is 16.8 Å². The molecule has 0 radical (unpaired) electrons. The number of para-hydroxylation sites is 1. The molecule has 3 nitrogen and oxygen atoms in total. The summed E-state index contributed by atoms with van der Waals surface area (Å²) in [6.07, 6.45) is 0. The van der Waals surface area contributed by atoms with E-state index < -0.39 is 0 Å². The lowest BCUT2D eigenvalue weighted by Crippen LogP contribution is -2.22. The van der Waals surface area contributed by atoms with Crippen LogP contribution in [0.5, 0.6) is 0 Å². The number of aromatic nitrogens is 2. The second kappa shape index (κ2) is 6.84. The molecule has 0 spiro atoms. The zero-order valence-corrected chi connectivity index (χ0v) is 14.8. The van der Waals surface area contributed by atoms with E-state index in [2.05, 4.69) is 20.9 Å². The fourth-order valence-electron chi connectivity index (χ4n) is 2.32. The van der Waals surface area contributed by atoms with Gasteiger partial charge in [-0.3, -0.25) is 9.36 Å². The summed E-state index contributed by atoms with van der Waals surface area (Å²) < 4.78 is 16.3. The number of benzene rings is 2. The maximum absolute atomic E-state index is 13.9. The predicted octanol–water partition coefficient (Wildman–Crippen LogP) is 4.61. The van der Waals surface area contributed by atoms with Gasteiger partial charge in [-0.25, -0.2) is 9.37 Å². The molecule has 3 aromatic rings. The minimum atomic E-state index is -0.266. The Morgan fingerprint density at radius 1 is 1.26 bits per heavy atom. The third kappa shape index (κ3) is 3.33. The summed E-state index contributed by atoms with van der Waals surface area (Å²) in [5, 5.41) is 1.21. The van der Waals surface area contributed by atoms with E-state index in [1.54, 1.807) is 22.8 Å². The molecular weight excluding hydrogens is 379 g/mol. The Kier molecular flexibility index (Phi) is 4.82.